The van der Waals surface area contributed by atoms with E-state index in [0.29, 0.717) is 0 Å². The van der Waals surface area contributed by atoms with Crippen LogP contribution in [-0.2, 0) is 0 Å². The van der Waals surface area contributed by atoms with E-state index in [0.717, 1.165) is 0 Å². The number of nitrogens with one attached hydrogen (secondary N) is 1. The number of H-pyrrole nitrogens is 1. The fraction of sp³-hybridized carbons (Fsp3) is 0. The molecule has 2 nitrogen and oxygen atoms in total. The summed E-state index contributed by atoms with van der Waals surface area (Å²) < 4.78 is 2.40. The summed E-state index contributed by atoms with van der Waals surface area (Å²) in [5, 5.41) is 10.2. The Bertz CT molecular complexity index is 2440. The number of hydrogen-bond acceptors (Lipinski definition) is 0. The fourth-order valence-corrected chi connectivity index (χ4v) is 6.60. The highest BCUT2D eigenvalue weighted by molar-refractivity contribution is 6.21. The molecule has 0 unspecified atom stereocenters. The van der Waals surface area contributed by atoms with E-state index in [1.54, 1.807) is 0 Å². The van der Waals surface area contributed by atoms with Crippen LogP contribution < -0.4 is 0 Å². The van der Waals surface area contributed by atoms with Crippen LogP contribution >= 0.6 is 0 Å². The molecule has 0 radical (unpaired) electrons. The molecule has 9 rings (SSSR count). The Labute approximate surface area is 230 Å². The maximum atomic E-state index is 3.63. The maximum Gasteiger partial charge on any atom is 0.0541 e. The van der Waals surface area contributed by atoms with Crippen LogP contribution in [0.2, 0.25) is 0 Å². The van der Waals surface area contributed by atoms with Gasteiger partial charge in [-0.25, -0.2) is 0 Å². The summed E-state index contributed by atoms with van der Waals surface area (Å²) in [6.45, 7) is 0. The summed E-state index contributed by atoms with van der Waals surface area (Å²) in [4.78, 5) is 3.63. The van der Waals surface area contributed by atoms with Crippen LogP contribution in [0.25, 0.3) is 82.0 Å². The highest BCUT2D eigenvalue weighted by atomic mass is 15.0. The van der Waals surface area contributed by atoms with Crippen LogP contribution in [-0.4, -0.2) is 9.55 Å². The Morgan fingerprint density at radius 1 is 0.400 bits per heavy atom. The van der Waals surface area contributed by atoms with Crippen LogP contribution in [0.1, 0.15) is 0 Å². The first-order valence-electron chi connectivity index (χ1n) is 13.8. The van der Waals surface area contributed by atoms with Crippen molar-refractivity contribution in [3.05, 3.63) is 140 Å². The molecule has 2 heterocycles. The van der Waals surface area contributed by atoms with Crippen molar-refractivity contribution in [2.45, 2.75) is 0 Å². The van der Waals surface area contributed by atoms with Gasteiger partial charge in [0.15, 0.2) is 0 Å². The molecule has 0 fully saturated rings. The van der Waals surface area contributed by atoms with Gasteiger partial charge in [-0.1, -0.05) is 91.0 Å². The predicted octanol–water partition coefficient (Wildman–Crippen LogP) is 10.4. The molecule has 0 aliphatic rings. The van der Waals surface area contributed by atoms with E-state index >= 15 is 0 Å². The minimum atomic E-state index is 1.17. The van der Waals surface area contributed by atoms with Gasteiger partial charge in [-0.15, -0.1) is 0 Å². The van der Waals surface area contributed by atoms with Crippen LogP contribution in [0, 0.1) is 0 Å². The number of aromatic nitrogens is 2. The van der Waals surface area contributed by atoms with E-state index < -0.39 is 0 Å². The van der Waals surface area contributed by atoms with Gasteiger partial charge in [0.2, 0.25) is 0 Å². The van der Waals surface area contributed by atoms with Crippen molar-refractivity contribution in [2.24, 2.45) is 0 Å². The largest absolute Gasteiger partial charge is 0.354 e. The molecule has 7 aromatic carbocycles. The lowest BCUT2D eigenvalue weighted by Crippen LogP contribution is -1.93. The lowest BCUT2D eigenvalue weighted by molar-refractivity contribution is 1.19. The summed E-state index contributed by atoms with van der Waals surface area (Å²) >= 11 is 0. The minimum absolute atomic E-state index is 1.17. The molecule has 0 spiro atoms. The molecule has 9 aromatic rings. The lowest BCUT2D eigenvalue weighted by Gasteiger charge is -2.10. The van der Waals surface area contributed by atoms with Crippen molar-refractivity contribution < 1.29 is 0 Å². The van der Waals surface area contributed by atoms with Crippen LogP contribution in [0.4, 0.5) is 0 Å². The first-order chi connectivity index (χ1) is 19.8. The van der Waals surface area contributed by atoms with E-state index in [9.17, 15) is 0 Å². The Balaban J connectivity index is 1.28. The molecule has 0 saturated carbocycles. The molecular formula is C38H24N2. The molecule has 0 amide bonds. The lowest BCUT2D eigenvalue weighted by atomic mass is 9.99. The molecule has 186 valence electrons. The van der Waals surface area contributed by atoms with Crippen molar-refractivity contribution in [3.63, 3.8) is 0 Å². The number of benzene rings is 7. The predicted molar refractivity (Wildman–Crippen MR) is 171 cm³/mol. The Morgan fingerprint density at radius 2 is 1.05 bits per heavy atom. The molecule has 0 aliphatic heterocycles. The van der Waals surface area contributed by atoms with Gasteiger partial charge in [-0.2, -0.15) is 0 Å². The van der Waals surface area contributed by atoms with Crippen molar-refractivity contribution >= 4 is 65.2 Å². The fourth-order valence-electron chi connectivity index (χ4n) is 6.60. The number of para-hydroxylation sites is 1. The third-order valence-corrected chi connectivity index (χ3v) is 8.48. The van der Waals surface area contributed by atoms with Gasteiger partial charge in [0, 0.05) is 38.3 Å². The zero-order chi connectivity index (χ0) is 26.2. The molecule has 2 heteroatoms. The van der Waals surface area contributed by atoms with Gasteiger partial charge in [-0.3, -0.25) is 0 Å². The molecule has 0 bridgehead atoms. The quantitative estimate of drug-likeness (QED) is 0.240. The second-order valence-electron chi connectivity index (χ2n) is 10.7. The highest BCUT2D eigenvalue weighted by Crippen LogP contribution is 2.38. The van der Waals surface area contributed by atoms with Crippen LogP contribution in [0.15, 0.2) is 140 Å². The van der Waals surface area contributed by atoms with Crippen molar-refractivity contribution in [1.29, 1.82) is 0 Å². The number of fused-ring (bicyclic) bond motifs is 9. The SMILES string of the molecule is c1ccc2cc(-n3c4ccccc4c4cc(-c5ccc6[nH]c7ccc8ccccc8c7c6c5)ccc43)ccc2c1. The number of rotatable bonds is 2. The van der Waals surface area contributed by atoms with Gasteiger partial charge in [0.1, 0.15) is 0 Å². The normalized spacial score (nSPS) is 12.0. The summed E-state index contributed by atoms with van der Waals surface area (Å²) in [5.41, 5.74) is 8.44. The van der Waals surface area contributed by atoms with E-state index in [1.807, 2.05) is 0 Å². The van der Waals surface area contributed by atoms with Gasteiger partial charge in [0.25, 0.3) is 0 Å². The molecule has 0 saturated heterocycles. The summed E-state index contributed by atoms with van der Waals surface area (Å²) in [5.74, 6) is 0. The van der Waals surface area contributed by atoms with E-state index in [4.69, 9.17) is 0 Å². The zero-order valence-corrected chi connectivity index (χ0v) is 21.7. The number of nitrogens with zero attached hydrogens (tertiary/aromatic N) is 1. The molecular weight excluding hydrogens is 484 g/mol. The highest BCUT2D eigenvalue weighted by Gasteiger charge is 2.15. The summed E-state index contributed by atoms with van der Waals surface area (Å²) in [6.07, 6.45) is 0. The monoisotopic (exact) mass is 508 g/mol. The van der Waals surface area contributed by atoms with Crippen LogP contribution in [0.5, 0.6) is 0 Å². The third kappa shape index (κ3) is 3.05. The Hall–Kier alpha value is -5.34. The molecule has 0 atom stereocenters. The average Bonchev–Trinajstić information content (AvgIpc) is 3.56. The topological polar surface area (TPSA) is 20.7 Å². The first-order valence-corrected chi connectivity index (χ1v) is 13.8. The molecule has 2 aromatic heterocycles. The molecule has 40 heavy (non-hydrogen) atoms. The van der Waals surface area contributed by atoms with E-state index in [1.165, 1.54) is 82.0 Å². The van der Waals surface area contributed by atoms with Crippen LogP contribution in [0.3, 0.4) is 0 Å². The summed E-state index contributed by atoms with van der Waals surface area (Å²) in [7, 11) is 0. The smallest absolute Gasteiger partial charge is 0.0541 e. The van der Waals surface area contributed by atoms with E-state index in [-0.39, 0.29) is 0 Å². The first kappa shape index (κ1) is 21.6. The minimum Gasteiger partial charge on any atom is -0.354 e. The number of aromatic amines is 1. The summed E-state index contributed by atoms with van der Waals surface area (Å²) in [6, 6.07) is 50.9. The maximum absolute atomic E-state index is 3.63. The second kappa shape index (κ2) is 8.08. The molecule has 0 aliphatic carbocycles. The van der Waals surface area contributed by atoms with Gasteiger partial charge in [0.05, 0.1) is 11.0 Å². The van der Waals surface area contributed by atoms with Crippen molar-refractivity contribution in [1.82, 2.24) is 9.55 Å². The zero-order valence-electron chi connectivity index (χ0n) is 21.7. The molecule has 1 N–H and O–H groups in total. The number of hydrogen-bond donors (Lipinski definition) is 1. The van der Waals surface area contributed by atoms with E-state index in [2.05, 4.69) is 149 Å². The Kier molecular flexibility index (Phi) is 4.36. The van der Waals surface area contributed by atoms with Crippen molar-refractivity contribution in [2.75, 3.05) is 0 Å². The van der Waals surface area contributed by atoms with Gasteiger partial charge >= 0.3 is 0 Å². The average molecular weight is 509 g/mol. The van der Waals surface area contributed by atoms with Crippen molar-refractivity contribution in [3.8, 4) is 16.8 Å². The second-order valence-corrected chi connectivity index (χ2v) is 10.7. The van der Waals surface area contributed by atoms with Gasteiger partial charge < -0.3 is 9.55 Å². The Morgan fingerprint density at radius 3 is 1.95 bits per heavy atom. The standard InChI is InChI=1S/C38H24N2/c1-2-9-26-21-29(17-13-24(26)7-1)40-36-12-6-5-11-31(36)32-22-28(16-20-37(32)40)27-15-18-34-33(23-27)38-30-10-4-3-8-25(30)14-19-35(38)39-34/h1-23,39H. The van der Waals surface area contributed by atoms with Gasteiger partial charge in [-0.05, 0) is 81.2 Å². The third-order valence-electron chi connectivity index (χ3n) is 8.48.